The number of hydrogen-bond acceptors (Lipinski definition) is 5. The first-order chi connectivity index (χ1) is 29.6. The normalized spacial score (nSPS) is 18.8. The molecule has 2 aromatic heterocycles. The van der Waals surface area contributed by atoms with E-state index in [1.807, 2.05) is 99.2 Å². The van der Waals surface area contributed by atoms with Gasteiger partial charge in [-0.25, -0.2) is 0 Å². The average Bonchev–Trinajstić information content (AvgIpc) is 3.95. The second-order valence-electron chi connectivity index (χ2n) is 17.2. The third-order valence-electron chi connectivity index (χ3n) is 12.8. The van der Waals surface area contributed by atoms with Gasteiger partial charge in [-0.3, -0.25) is 9.48 Å². The predicted octanol–water partition coefficient (Wildman–Crippen LogP) is 11.8. The Kier molecular flexibility index (Phi) is 39.8. The molecule has 0 bridgehead atoms. The van der Waals surface area contributed by atoms with Crippen LogP contribution < -0.4 is 18.6 Å². The number of carbonyl (C=O) groups excluding carboxylic acids is 2. The number of hydrogen-bond donors (Lipinski definition) is 1. The van der Waals surface area contributed by atoms with Crippen LogP contribution in [0.3, 0.4) is 0 Å². The Bertz CT molecular complexity index is 1920. The predicted molar refractivity (Wildman–Crippen MR) is 316 cm³/mol. The van der Waals surface area contributed by atoms with Gasteiger partial charge in [-0.15, -0.1) is 24.0 Å². The van der Waals surface area contributed by atoms with Gasteiger partial charge in [0.15, 0.2) is 5.78 Å². The van der Waals surface area contributed by atoms with Gasteiger partial charge in [0.1, 0.15) is 0 Å². The molecule has 2 atom stereocenters. The molecule has 0 radical (unpaired) electrons. The summed E-state index contributed by atoms with van der Waals surface area (Å²) in [6.07, 6.45) is 11.8. The van der Waals surface area contributed by atoms with Crippen molar-refractivity contribution >= 4 is 118 Å². The molecule has 0 spiro atoms. The van der Waals surface area contributed by atoms with Gasteiger partial charge in [0.05, 0.1) is 11.3 Å². The third kappa shape index (κ3) is 19.1. The zero-order chi connectivity index (χ0) is 51.3. The molecular weight excluding hydrogens is 1830 g/mol. The SMILES string of the molecule is CC.CC.CC(=O)c1c(C(C)C)nn(C)c1C.I.II.I[I-]I.[CH-]=CC=C1CCC(C)(C(C)(C)N(C)C(=O)c2c(C(C)C)nn(C)c2C)[C]1=[W].[CH-]=CC=C1CCC(C)(C(C)(C)NC)[C]1=[W]. The Morgan fingerprint density at radius 2 is 1.12 bits per heavy atom. The van der Waals surface area contributed by atoms with Crippen LogP contribution in [-0.4, -0.2) is 69.1 Å². The van der Waals surface area contributed by atoms with Crippen LogP contribution in [0.15, 0.2) is 35.5 Å². The molecule has 0 saturated heterocycles. The van der Waals surface area contributed by atoms with Crippen molar-refractivity contribution < 1.29 is 61.6 Å². The molecule has 65 heavy (non-hydrogen) atoms. The Balaban J connectivity index is -0.000000417. The van der Waals surface area contributed by atoms with Gasteiger partial charge in [-0.1, -0.05) is 41.5 Å². The monoisotopic (exact) mass is 1910 g/mol. The van der Waals surface area contributed by atoms with E-state index < -0.39 is 0 Å². The van der Waals surface area contributed by atoms with E-state index in [4.69, 9.17) is 13.2 Å². The summed E-state index contributed by atoms with van der Waals surface area (Å²) in [7, 11) is 7.75. The topological polar surface area (TPSA) is 85.1 Å². The van der Waals surface area contributed by atoms with Gasteiger partial charge >= 0.3 is 330 Å². The molecule has 1 amide bonds. The first kappa shape index (κ1) is 73.5. The number of halogens is 6. The van der Waals surface area contributed by atoms with Gasteiger partial charge in [-0.2, -0.15) is 5.10 Å². The number of nitrogens with zero attached hydrogens (tertiary/aromatic N) is 5. The van der Waals surface area contributed by atoms with Crippen molar-refractivity contribution in [3.8, 4) is 0 Å². The van der Waals surface area contributed by atoms with E-state index in [1.165, 1.54) is 40.8 Å². The summed E-state index contributed by atoms with van der Waals surface area (Å²) in [5.74, 6) is 0.670. The number of Topliss-reactive ketones (excluding diaryl/α,β-unsaturated/α-hetero) is 1. The molecule has 2 unspecified atom stereocenters. The molecule has 16 heteroatoms. The fourth-order valence-electron chi connectivity index (χ4n) is 7.51. The minimum atomic E-state index is -0.331. The summed E-state index contributed by atoms with van der Waals surface area (Å²) in [5.41, 5.74) is 7.98. The summed E-state index contributed by atoms with van der Waals surface area (Å²) in [6, 6.07) is 0. The molecule has 376 valence electrons. The van der Waals surface area contributed by atoms with E-state index in [-0.39, 0.29) is 63.5 Å². The van der Waals surface area contributed by atoms with Gasteiger partial charge in [0.2, 0.25) is 0 Å². The van der Waals surface area contributed by atoms with Crippen molar-refractivity contribution in [3.63, 3.8) is 0 Å². The maximum absolute atomic E-state index is 13.6. The van der Waals surface area contributed by atoms with Crippen LogP contribution in [0.25, 0.3) is 0 Å². The quantitative estimate of drug-likeness (QED) is 0.146. The van der Waals surface area contributed by atoms with E-state index >= 15 is 0 Å². The summed E-state index contributed by atoms with van der Waals surface area (Å²) in [6.45, 7) is 46.5. The molecule has 2 saturated carbocycles. The zero-order valence-electron chi connectivity index (χ0n) is 43.1. The molecule has 2 aliphatic carbocycles. The fraction of sp³-hybridized carbons (Fsp3) is 0.633. The van der Waals surface area contributed by atoms with Crippen LogP contribution in [0.4, 0.5) is 0 Å². The molecule has 1 N–H and O–H groups in total. The van der Waals surface area contributed by atoms with Crippen molar-refractivity contribution in [1.82, 2.24) is 29.8 Å². The summed E-state index contributed by atoms with van der Waals surface area (Å²) in [5, 5.41) is 12.4. The number of carbonyl (C=O) groups is 2. The minimum absolute atomic E-state index is 0. The third-order valence-corrected chi connectivity index (χ3v) is 18.0. The van der Waals surface area contributed by atoms with Gasteiger partial charge < -0.3 is 0 Å². The van der Waals surface area contributed by atoms with Gasteiger partial charge in [0, 0.05) is 50.0 Å². The molecule has 2 fully saturated rings. The number of nitrogens with one attached hydrogen (secondary N) is 1. The number of ketones is 1. The van der Waals surface area contributed by atoms with Gasteiger partial charge in [-0.05, 0) is 19.8 Å². The summed E-state index contributed by atoms with van der Waals surface area (Å²) < 4.78 is 6.55. The van der Waals surface area contributed by atoms with Crippen LogP contribution in [0, 0.1) is 37.8 Å². The zero-order valence-corrected chi connectivity index (χ0v) is 62.1. The number of rotatable bonds is 10. The molecule has 0 aromatic carbocycles. The van der Waals surface area contributed by atoms with Crippen molar-refractivity contribution in [1.29, 1.82) is 0 Å². The van der Waals surface area contributed by atoms with Crippen LogP contribution in [0.5, 0.6) is 0 Å². The molecule has 4 rings (SSSR count). The van der Waals surface area contributed by atoms with Crippen molar-refractivity contribution in [3.05, 3.63) is 82.5 Å². The molecule has 2 aromatic rings. The summed E-state index contributed by atoms with van der Waals surface area (Å²) >= 11 is 12.6. The second kappa shape index (κ2) is 35.2. The van der Waals surface area contributed by atoms with Crippen LogP contribution in [0.2, 0.25) is 0 Å². The molecule has 0 aliphatic heterocycles. The number of aromatic nitrogens is 4. The Hall–Kier alpha value is 1.98. The Morgan fingerprint density at radius 3 is 1.43 bits per heavy atom. The molecule has 8 nitrogen and oxygen atoms in total. The average molecular weight is 1920 g/mol. The van der Waals surface area contributed by atoms with E-state index in [1.54, 1.807) is 47.0 Å². The van der Waals surface area contributed by atoms with Crippen LogP contribution >= 0.6 is 98.4 Å². The van der Waals surface area contributed by atoms with Gasteiger partial charge in [0.25, 0.3) is 0 Å². The van der Waals surface area contributed by atoms with E-state index in [2.05, 4.69) is 151 Å². The van der Waals surface area contributed by atoms with E-state index in [0.29, 0.717) is 19.2 Å². The summed E-state index contributed by atoms with van der Waals surface area (Å²) in [4.78, 5) is 26.9. The molecule has 2 aliphatic rings. The van der Waals surface area contributed by atoms with Crippen molar-refractivity contribution in [2.24, 2.45) is 24.9 Å². The van der Waals surface area contributed by atoms with E-state index in [0.717, 1.165) is 53.2 Å². The van der Waals surface area contributed by atoms with E-state index in [9.17, 15) is 9.59 Å². The molecular formula is C49H81I6N6O2W2-3. The number of amides is 1. The number of allylic oxidation sites excluding steroid dienone is 6. The standard InChI is InChI=1S/C22H32N3O.C13H20N.C10H16N2O.2C2H6.I3.I2.HI.2W/c1-10-11-17-12-13-22(7,14-17)21(5,6)24(8)20(26)18-16(4)25(9)23-19(18)15(2)3;1-6-7-11-8-9-13(4,10-11)12(2,3)14-5;1-6(2)10-9(8(4)13)7(3)12(5)11-10;2*1-2;1-3-2;1-2;;;/h1,10-11,15H,12-13H2,2-9H3;1,6-7,14H,8-9H2,2-5H3;6H,1-5H3;2*1-2H3;;;1H;;/q2*-1;;;;-1;;;;. The fourth-order valence-corrected chi connectivity index (χ4v) is 11.3. The number of aryl methyl sites for hydroxylation is 2. The first-order valence-electron chi connectivity index (χ1n) is 21.8. The van der Waals surface area contributed by atoms with Crippen LogP contribution in [-0.2, 0) is 52.8 Å². The first-order valence-corrected chi connectivity index (χ1v) is 43.6. The Morgan fingerprint density at radius 1 is 0.800 bits per heavy atom. The van der Waals surface area contributed by atoms with Crippen LogP contribution in [0.1, 0.15) is 185 Å². The Labute approximate surface area is 489 Å². The van der Waals surface area contributed by atoms with Crippen molar-refractivity contribution in [2.75, 3.05) is 14.1 Å². The molecule has 2 heterocycles. The van der Waals surface area contributed by atoms with Crippen molar-refractivity contribution in [2.45, 2.75) is 166 Å². The second-order valence-corrected chi connectivity index (χ2v) is 36.4. The maximum atomic E-state index is 13.6.